The summed E-state index contributed by atoms with van der Waals surface area (Å²) in [6.45, 7) is 4.51. The first-order valence-electron chi connectivity index (χ1n) is 6.65. The first-order valence-corrected chi connectivity index (χ1v) is 7.94. The molecule has 2 rings (SSSR count). The minimum absolute atomic E-state index is 0.0805. The van der Waals surface area contributed by atoms with Crippen molar-refractivity contribution in [2.75, 3.05) is 5.32 Å². The molecule has 0 spiro atoms. The molecule has 2 heterocycles. The van der Waals surface area contributed by atoms with Crippen LogP contribution in [-0.2, 0) is 19.4 Å². The van der Waals surface area contributed by atoms with Gasteiger partial charge in [-0.25, -0.2) is 0 Å². The van der Waals surface area contributed by atoms with E-state index in [9.17, 15) is 4.79 Å². The lowest BCUT2D eigenvalue weighted by Crippen LogP contribution is -2.20. The predicted molar refractivity (Wildman–Crippen MR) is 88.9 cm³/mol. The van der Waals surface area contributed by atoms with Crippen molar-refractivity contribution in [3.63, 3.8) is 0 Å². The highest BCUT2D eigenvalue weighted by Crippen LogP contribution is 2.21. The molecule has 0 aromatic carbocycles. The number of aromatic nitrogens is 3. The molecule has 0 radical (unpaired) electrons. The number of aromatic amines is 1. The molecule has 112 valence electrons. The Morgan fingerprint density at radius 1 is 1.43 bits per heavy atom. The van der Waals surface area contributed by atoms with Gasteiger partial charge >= 0.3 is 4.87 Å². The molecular weight excluding hydrogens is 306 g/mol. The second kappa shape index (κ2) is 6.77. The van der Waals surface area contributed by atoms with E-state index >= 15 is 0 Å². The molecule has 0 bridgehead atoms. The maximum absolute atomic E-state index is 11.1. The van der Waals surface area contributed by atoms with E-state index in [-0.39, 0.29) is 4.87 Å². The smallest absolute Gasteiger partial charge is 0.304 e. The van der Waals surface area contributed by atoms with Crippen LogP contribution in [0.2, 0.25) is 0 Å². The fourth-order valence-corrected chi connectivity index (χ4v) is 2.94. The number of thiazole rings is 1. The molecule has 8 heteroatoms. The number of nitrogens with two attached hydrogens (primary N) is 1. The third-order valence-electron chi connectivity index (χ3n) is 3.11. The van der Waals surface area contributed by atoms with Gasteiger partial charge in [-0.05, 0) is 18.4 Å². The highest BCUT2D eigenvalue weighted by molar-refractivity contribution is 7.80. The van der Waals surface area contributed by atoms with Gasteiger partial charge in [-0.3, -0.25) is 4.79 Å². The van der Waals surface area contributed by atoms with Gasteiger partial charge in [-0.1, -0.05) is 37.4 Å². The van der Waals surface area contributed by atoms with Crippen molar-refractivity contribution >= 4 is 34.4 Å². The summed E-state index contributed by atoms with van der Waals surface area (Å²) in [5.41, 5.74) is 9.33. The summed E-state index contributed by atoms with van der Waals surface area (Å²) in [7, 11) is 0. The van der Waals surface area contributed by atoms with Crippen LogP contribution >= 0.6 is 23.6 Å². The number of anilines is 1. The Labute approximate surface area is 131 Å². The molecule has 0 fully saturated rings. The number of hydrogen-bond donors (Lipinski definition) is 3. The molecule has 0 aliphatic rings. The number of nitrogens with zero attached hydrogens (tertiary/aromatic N) is 2. The van der Waals surface area contributed by atoms with Crippen LogP contribution in [0.25, 0.3) is 0 Å². The number of aryl methyl sites for hydroxylation is 1. The van der Waals surface area contributed by atoms with Crippen molar-refractivity contribution in [3.05, 3.63) is 37.6 Å². The van der Waals surface area contributed by atoms with Crippen LogP contribution < -0.4 is 15.9 Å². The number of nitrogens with one attached hydrogen (secondary N) is 2. The van der Waals surface area contributed by atoms with Gasteiger partial charge in [0, 0.05) is 11.1 Å². The minimum atomic E-state index is -0.0805. The van der Waals surface area contributed by atoms with Gasteiger partial charge in [-0.2, -0.15) is 5.10 Å². The Bertz CT molecular complexity index is 707. The average molecular weight is 323 g/mol. The first-order chi connectivity index (χ1) is 10.1. The van der Waals surface area contributed by atoms with Gasteiger partial charge in [0.25, 0.3) is 0 Å². The summed E-state index contributed by atoms with van der Waals surface area (Å²) < 4.78 is 0. The monoisotopic (exact) mass is 323 g/mol. The van der Waals surface area contributed by atoms with Crippen LogP contribution in [0, 0.1) is 0 Å². The molecular formula is C13H17N5OS2. The van der Waals surface area contributed by atoms with Crippen molar-refractivity contribution in [1.82, 2.24) is 15.2 Å². The van der Waals surface area contributed by atoms with Crippen molar-refractivity contribution in [3.8, 4) is 0 Å². The molecule has 0 saturated carbocycles. The van der Waals surface area contributed by atoms with E-state index in [1.54, 1.807) is 5.38 Å². The van der Waals surface area contributed by atoms with Crippen molar-refractivity contribution in [1.29, 1.82) is 0 Å². The van der Waals surface area contributed by atoms with Gasteiger partial charge in [0.15, 0.2) is 5.82 Å². The summed E-state index contributed by atoms with van der Waals surface area (Å²) in [4.78, 5) is 14.1. The van der Waals surface area contributed by atoms with E-state index in [0.717, 1.165) is 46.7 Å². The standard InChI is InChI=1S/C13H17N5OS2/c1-3-8-9(4-2)17-18-12(10(8)11(14)20)15-5-7-6-21-13(19)16-7/h6H,3-5H2,1-2H3,(H2,14,20)(H,15,18)(H,16,19). The highest BCUT2D eigenvalue weighted by atomic mass is 32.1. The summed E-state index contributed by atoms with van der Waals surface area (Å²) >= 11 is 6.29. The quantitative estimate of drug-likeness (QED) is 0.699. The average Bonchev–Trinajstić information content (AvgIpc) is 2.89. The van der Waals surface area contributed by atoms with E-state index in [4.69, 9.17) is 18.0 Å². The van der Waals surface area contributed by atoms with Crippen molar-refractivity contribution < 1.29 is 0 Å². The van der Waals surface area contributed by atoms with Gasteiger partial charge in [0.2, 0.25) is 0 Å². The Kier molecular flexibility index (Phi) is 5.03. The zero-order chi connectivity index (χ0) is 15.4. The SMILES string of the molecule is CCc1nnc(NCc2csc(=O)[nH]2)c(C(N)=S)c1CC. The van der Waals surface area contributed by atoms with Gasteiger partial charge in [0.1, 0.15) is 4.99 Å². The molecule has 2 aromatic heterocycles. The first kappa shape index (κ1) is 15.6. The molecule has 2 aromatic rings. The normalized spacial score (nSPS) is 10.6. The largest absolute Gasteiger partial charge is 0.389 e. The van der Waals surface area contributed by atoms with Crippen LogP contribution in [0.3, 0.4) is 0 Å². The predicted octanol–water partition coefficient (Wildman–Crippen LogP) is 1.60. The molecule has 0 unspecified atom stereocenters. The number of H-pyrrole nitrogens is 1. The molecule has 21 heavy (non-hydrogen) atoms. The zero-order valence-corrected chi connectivity index (χ0v) is 13.5. The van der Waals surface area contributed by atoms with Gasteiger partial charge < -0.3 is 16.0 Å². The second-order valence-electron chi connectivity index (χ2n) is 4.45. The zero-order valence-electron chi connectivity index (χ0n) is 11.9. The van der Waals surface area contributed by atoms with E-state index in [2.05, 4.69) is 20.5 Å². The topological polar surface area (TPSA) is 96.7 Å². The number of hydrogen-bond acceptors (Lipinski definition) is 6. The van der Waals surface area contributed by atoms with Crippen LogP contribution in [0.4, 0.5) is 5.82 Å². The Morgan fingerprint density at radius 3 is 2.71 bits per heavy atom. The summed E-state index contributed by atoms with van der Waals surface area (Å²) in [6, 6.07) is 0. The Hall–Kier alpha value is -1.80. The Morgan fingerprint density at radius 2 is 2.19 bits per heavy atom. The molecule has 0 amide bonds. The third kappa shape index (κ3) is 3.45. The second-order valence-corrected chi connectivity index (χ2v) is 5.73. The van der Waals surface area contributed by atoms with Crippen molar-refractivity contribution in [2.45, 2.75) is 33.2 Å². The summed E-state index contributed by atoms with van der Waals surface area (Å²) in [5, 5.41) is 13.3. The van der Waals surface area contributed by atoms with Crippen LogP contribution in [0.5, 0.6) is 0 Å². The minimum Gasteiger partial charge on any atom is -0.389 e. The molecule has 6 nitrogen and oxygen atoms in total. The van der Waals surface area contributed by atoms with E-state index in [0.29, 0.717) is 17.4 Å². The van der Waals surface area contributed by atoms with Crippen LogP contribution in [0.15, 0.2) is 10.2 Å². The van der Waals surface area contributed by atoms with E-state index in [1.807, 2.05) is 13.8 Å². The highest BCUT2D eigenvalue weighted by Gasteiger charge is 2.16. The van der Waals surface area contributed by atoms with Crippen LogP contribution in [-0.4, -0.2) is 20.2 Å². The van der Waals surface area contributed by atoms with Gasteiger partial charge in [0.05, 0.1) is 17.8 Å². The Balaban J connectivity index is 2.34. The third-order valence-corrected chi connectivity index (χ3v) is 4.03. The maximum Gasteiger partial charge on any atom is 0.304 e. The number of rotatable bonds is 6. The molecule has 0 saturated heterocycles. The lowest BCUT2D eigenvalue weighted by Gasteiger charge is -2.15. The fraction of sp³-hybridized carbons (Fsp3) is 0.385. The lowest BCUT2D eigenvalue weighted by atomic mass is 10.0. The van der Waals surface area contributed by atoms with Gasteiger partial charge in [-0.15, -0.1) is 5.10 Å². The fourth-order valence-electron chi connectivity index (χ4n) is 2.14. The molecule has 0 aliphatic heterocycles. The summed E-state index contributed by atoms with van der Waals surface area (Å²) in [6.07, 6.45) is 1.57. The summed E-state index contributed by atoms with van der Waals surface area (Å²) in [5.74, 6) is 0.559. The van der Waals surface area contributed by atoms with Crippen molar-refractivity contribution in [2.24, 2.45) is 5.73 Å². The van der Waals surface area contributed by atoms with E-state index < -0.39 is 0 Å². The molecule has 0 aliphatic carbocycles. The molecule has 0 atom stereocenters. The number of thiocarbonyl (C=S) groups is 1. The van der Waals surface area contributed by atoms with E-state index in [1.165, 1.54) is 0 Å². The van der Waals surface area contributed by atoms with Crippen LogP contribution in [0.1, 0.15) is 36.4 Å². The lowest BCUT2D eigenvalue weighted by molar-refractivity contribution is 0.869. The maximum atomic E-state index is 11.1. The molecule has 4 N–H and O–H groups in total.